The number of hydrogen-bond donors (Lipinski definition) is 2. The zero-order chi connectivity index (χ0) is 16.2. The van der Waals surface area contributed by atoms with Crippen LogP contribution in [0.2, 0.25) is 0 Å². The molecule has 2 atom stereocenters. The Balaban J connectivity index is 1.87. The third-order valence-electron chi connectivity index (χ3n) is 4.65. The van der Waals surface area contributed by atoms with Crippen LogP contribution in [0, 0.1) is 11.3 Å². The van der Waals surface area contributed by atoms with E-state index >= 15 is 0 Å². The van der Waals surface area contributed by atoms with Crippen molar-refractivity contribution in [1.29, 1.82) is 0 Å². The third kappa shape index (κ3) is 3.40. The molecule has 2 N–H and O–H groups in total. The Morgan fingerprint density at radius 2 is 2.14 bits per heavy atom. The fourth-order valence-electron chi connectivity index (χ4n) is 3.33. The Labute approximate surface area is 130 Å². The number of nitrogens with zero attached hydrogens (tertiary/aromatic N) is 1. The minimum atomic E-state index is -0.854. The number of likely N-dealkylation sites (tertiary alicyclic amines) is 1. The normalized spacial score (nSPS) is 27.3. The Hall–Kier alpha value is -1.63. The maximum atomic E-state index is 12.3. The van der Waals surface area contributed by atoms with Crippen LogP contribution in [-0.2, 0) is 19.1 Å². The summed E-state index contributed by atoms with van der Waals surface area (Å²) in [6.45, 7) is 3.96. The summed E-state index contributed by atoms with van der Waals surface area (Å²) in [5.41, 5.74) is -0.854. The number of rotatable bonds is 6. The minimum Gasteiger partial charge on any atom is -0.481 e. The minimum absolute atomic E-state index is 0.0548. The van der Waals surface area contributed by atoms with Gasteiger partial charge in [-0.2, -0.15) is 0 Å². The average molecular weight is 312 g/mol. The fourth-order valence-corrected chi connectivity index (χ4v) is 3.33. The van der Waals surface area contributed by atoms with Crippen molar-refractivity contribution in [3.8, 4) is 0 Å². The summed E-state index contributed by atoms with van der Waals surface area (Å²) in [7, 11) is 0. The van der Waals surface area contributed by atoms with Crippen LogP contribution in [0.1, 0.15) is 32.6 Å². The van der Waals surface area contributed by atoms with Gasteiger partial charge in [0.15, 0.2) is 0 Å². The zero-order valence-corrected chi connectivity index (χ0v) is 13.0. The van der Waals surface area contributed by atoms with Gasteiger partial charge in [-0.25, -0.2) is 0 Å². The average Bonchev–Trinajstić information content (AvgIpc) is 2.88. The Kier molecular flexibility index (Phi) is 5.39. The third-order valence-corrected chi connectivity index (χ3v) is 4.65. The molecule has 2 heterocycles. The first-order chi connectivity index (χ1) is 10.5. The predicted octanol–water partition coefficient (Wildman–Crippen LogP) is 0.243. The van der Waals surface area contributed by atoms with Crippen molar-refractivity contribution >= 4 is 17.8 Å². The lowest BCUT2D eigenvalue weighted by Crippen LogP contribution is -2.45. The van der Waals surface area contributed by atoms with E-state index in [-0.39, 0.29) is 30.7 Å². The van der Waals surface area contributed by atoms with Crippen LogP contribution in [0.5, 0.6) is 0 Å². The van der Waals surface area contributed by atoms with Crippen LogP contribution >= 0.6 is 0 Å². The maximum Gasteiger partial charge on any atom is 0.311 e. The molecule has 0 aromatic rings. The number of carbonyl (C=O) groups is 3. The van der Waals surface area contributed by atoms with Gasteiger partial charge < -0.3 is 20.1 Å². The molecule has 7 heteroatoms. The van der Waals surface area contributed by atoms with Gasteiger partial charge in [0.1, 0.15) is 0 Å². The molecule has 2 saturated heterocycles. The molecule has 0 saturated carbocycles. The van der Waals surface area contributed by atoms with Crippen LogP contribution < -0.4 is 5.32 Å². The van der Waals surface area contributed by atoms with Crippen molar-refractivity contribution < 1.29 is 24.2 Å². The molecule has 124 valence electrons. The van der Waals surface area contributed by atoms with E-state index in [0.29, 0.717) is 45.6 Å². The van der Waals surface area contributed by atoms with Gasteiger partial charge in [0.25, 0.3) is 0 Å². The van der Waals surface area contributed by atoms with E-state index in [9.17, 15) is 19.5 Å². The number of aliphatic carboxylic acids is 1. The van der Waals surface area contributed by atoms with E-state index < -0.39 is 11.4 Å². The van der Waals surface area contributed by atoms with Crippen LogP contribution in [0.25, 0.3) is 0 Å². The second kappa shape index (κ2) is 7.09. The summed E-state index contributed by atoms with van der Waals surface area (Å²) < 4.78 is 5.37. The van der Waals surface area contributed by atoms with E-state index in [1.54, 1.807) is 4.90 Å². The molecule has 22 heavy (non-hydrogen) atoms. The first-order valence-electron chi connectivity index (χ1n) is 7.85. The molecule has 2 amide bonds. The van der Waals surface area contributed by atoms with Gasteiger partial charge in [-0.05, 0) is 19.8 Å². The molecule has 0 bridgehead atoms. The van der Waals surface area contributed by atoms with Gasteiger partial charge in [-0.1, -0.05) is 0 Å². The number of carbonyl (C=O) groups excluding carboxylic acids is 2. The van der Waals surface area contributed by atoms with E-state index in [4.69, 9.17) is 4.74 Å². The predicted molar refractivity (Wildman–Crippen MR) is 78.1 cm³/mol. The Bertz CT molecular complexity index is 453. The standard InChI is InChI=1S/C15H24N2O5/c1-2-16-12(18)4-3-5-13(19)17-8-11-9-22-7-6-15(11,10-17)14(20)21/h11H,2-10H2,1H3,(H,16,18)(H,20,21)/t11-,15+/m0/s1. The summed E-state index contributed by atoms with van der Waals surface area (Å²) in [5, 5.41) is 12.3. The monoisotopic (exact) mass is 312 g/mol. The van der Waals surface area contributed by atoms with Gasteiger partial charge in [0.05, 0.1) is 12.0 Å². The molecule has 2 fully saturated rings. The summed E-state index contributed by atoms with van der Waals surface area (Å²) in [5.74, 6) is -1.09. The van der Waals surface area contributed by atoms with Crippen molar-refractivity contribution in [2.75, 3.05) is 32.8 Å². The highest BCUT2D eigenvalue weighted by Gasteiger charge is 2.54. The Morgan fingerprint density at radius 1 is 1.36 bits per heavy atom. The second-order valence-corrected chi connectivity index (χ2v) is 6.06. The SMILES string of the molecule is CCNC(=O)CCCC(=O)N1C[C@H]2COCC[C@@]2(C(=O)O)C1. The van der Waals surface area contributed by atoms with Gasteiger partial charge in [0.2, 0.25) is 11.8 Å². The molecule has 0 aromatic carbocycles. The number of carboxylic acid groups (broad SMARTS) is 1. The highest BCUT2D eigenvalue weighted by molar-refractivity contribution is 5.82. The van der Waals surface area contributed by atoms with Gasteiger partial charge in [0, 0.05) is 45.0 Å². The molecular weight excluding hydrogens is 288 g/mol. The topological polar surface area (TPSA) is 95.9 Å². The molecule has 7 nitrogen and oxygen atoms in total. The number of amides is 2. The second-order valence-electron chi connectivity index (χ2n) is 6.06. The summed E-state index contributed by atoms with van der Waals surface area (Å²) in [6, 6.07) is 0. The number of nitrogens with one attached hydrogen (secondary N) is 1. The number of carboxylic acids is 1. The van der Waals surface area contributed by atoms with Gasteiger partial charge in [-0.3, -0.25) is 14.4 Å². The largest absolute Gasteiger partial charge is 0.481 e. The lowest BCUT2D eigenvalue weighted by molar-refractivity contribution is -0.157. The van der Waals surface area contributed by atoms with Crippen molar-refractivity contribution in [2.45, 2.75) is 32.6 Å². The van der Waals surface area contributed by atoms with E-state index in [0.717, 1.165) is 0 Å². The molecule has 0 spiro atoms. The molecule has 0 aromatic heterocycles. The highest BCUT2D eigenvalue weighted by Crippen LogP contribution is 2.42. The van der Waals surface area contributed by atoms with Crippen molar-refractivity contribution in [3.63, 3.8) is 0 Å². The molecule has 0 unspecified atom stereocenters. The van der Waals surface area contributed by atoms with Crippen molar-refractivity contribution in [1.82, 2.24) is 10.2 Å². The van der Waals surface area contributed by atoms with Gasteiger partial charge >= 0.3 is 5.97 Å². The number of ether oxygens (including phenoxy) is 1. The summed E-state index contributed by atoms with van der Waals surface area (Å²) in [4.78, 5) is 36.9. The molecule has 0 aliphatic carbocycles. The fraction of sp³-hybridized carbons (Fsp3) is 0.800. The van der Waals surface area contributed by atoms with Crippen LogP contribution in [-0.4, -0.2) is 60.6 Å². The molecule has 2 rings (SSSR count). The quantitative estimate of drug-likeness (QED) is 0.732. The van der Waals surface area contributed by atoms with Crippen LogP contribution in [0.3, 0.4) is 0 Å². The first-order valence-corrected chi connectivity index (χ1v) is 7.85. The lowest BCUT2D eigenvalue weighted by atomic mass is 9.74. The van der Waals surface area contributed by atoms with Crippen molar-refractivity contribution in [3.05, 3.63) is 0 Å². The molecule has 0 radical (unpaired) electrons. The summed E-state index contributed by atoms with van der Waals surface area (Å²) >= 11 is 0. The number of fused-ring (bicyclic) bond motifs is 1. The molecule has 2 aliphatic rings. The Morgan fingerprint density at radius 3 is 2.77 bits per heavy atom. The zero-order valence-electron chi connectivity index (χ0n) is 13.0. The van der Waals surface area contributed by atoms with Crippen molar-refractivity contribution in [2.24, 2.45) is 11.3 Å². The van der Waals surface area contributed by atoms with Crippen LogP contribution in [0.4, 0.5) is 0 Å². The first kappa shape index (κ1) is 16.7. The summed E-state index contributed by atoms with van der Waals surface area (Å²) in [6.07, 6.45) is 1.54. The smallest absolute Gasteiger partial charge is 0.311 e. The van der Waals surface area contributed by atoms with E-state index in [2.05, 4.69) is 5.32 Å². The lowest BCUT2D eigenvalue weighted by Gasteiger charge is -2.33. The maximum absolute atomic E-state index is 12.3. The highest BCUT2D eigenvalue weighted by atomic mass is 16.5. The van der Waals surface area contributed by atoms with E-state index in [1.165, 1.54) is 0 Å². The van der Waals surface area contributed by atoms with Crippen LogP contribution in [0.15, 0.2) is 0 Å². The van der Waals surface area contributed by atoms with E-state index in [1.807, 2.05) is 6.92 Å². The molecule has 2 aliphatic heterocycles. The van der Waals surface area contributed by atoms with Gasteiger partial charge in [-0.15, -0.1) is 0 Å². The molecular formula is C15H24N2O5. The number of hydrogen-bond acceptors (Lipinski definition) is 4.